The summed E-state index contributed by atoms with van der Waals surface area (Å²) < 4.78 is 12.5. The van der Waals surface area contributed by atoms with Gasteiger partial charge in [-0.1, -0.05) is 12.1 Å². The van der Waals surface area contributed by atoms with E-state index in [1.807, 2.05) is 30.3 Å². The van der Waals surface area contributed by atoms with Crippen molar-refractivity contribution >= 4 is 0 Å². The third-order valence-corrected chi connectivity index (χ3v) is 2.47. The van der Waals surface area contributed by atoms with Gasteiger partial charge in [-0.05, 0) is 12.1 Å². The molecule has 1 aromatic carbocycles. The van der Waals surface area contributed by atoms with Crippen LogP contribution in [0.4, 0.5) is 0 Å². The lowest BCUT2D eigenvalue weighted by Gasteiger charge is -2.10. The minimum atomic E-state index is 0.388. The molecule has 0 aliphatic heterocycles. The van der Waals surface area contributed by atoms with Crippen LogP contribution < -0.4 is 9.47 Å². The van der Waals surface area contributed by atoms with E-state index in [-0.39, 0.29) is 0 Å². The molecule has 0 unspecified atom stereocenters. The van der Waals surface area contributed by atoms with Gasteiger partial charge in [-0.25, -0.2) is 4.98 Å². The van der Waals surface area contributed by atoms with Gasteiger partial charge in [0.05, 0.1) is 13.7 Å². The zero-order chi connectivity index (χ0) is 12.8. The molecule has 18 heavy (non-hydrogen) atoms. The molecule has 5 heteroatoms. The highest BCUT2D eigenvalue weighted by Gasteiger charge is 2.04. The van der Waals surface area contributed by atoms with Crippen molar-refractivity contribution in [2.24, 2.45) is 0 Å². The van der Waals surface area contributed by atoms with E-state index in [0.717, 1.165) is 0 Å². The van der Waals surface area contributed by atoms with Gasteiger partial charge in [-0.15, -0.1) is 0 Å². The topological polar surface area (TPSA) is 60.1 Å². The third kappa shape index (κ3) is 2.61. The molecule has 0 fully saturated rings. The van der Waals surface area contributed by atoms with Crippen molar-refractivity contribution in [1.29, 1.82) is 5.26 Å². The molecule has 2 aromatic rings. The maximum Gasteiger partial charge on any atom is 0.212 e. The molecule has 1 heterocycles. The molecule has 5 nitrogen and oxygen atoms in total. The number of methoxy groups -OCH3 is 1. The summed E-state index contributed by atoms with van der Waals surface area (Å²) in [4.78, 5) is 3.92. The predicted molar refractivity (Wildman–Crippen MR) is 65.4 cm³/mol. The maximum absolute atomic E-state index is 8.81. The van der Waals surface area contributed by atoms with Gasteiger partial charge < -0.3 is 14.0 Å². The van der Waals surface area contributed by atoms with Crippen LogP contribution in [0.5, 0.6) is 11.5 Å². The minimum absolute atomic E-state index is 0.388. The number of aromatic nitrogens is 2. The van der Waals surface area contributed by atoms with Crippen LogP contribution in [-0.2, 0) is 6.54 Å². The average molecular weight is 243 g/mol. The van der Waals surface area contributed by atoms with Gasteiger partial charge in [0, 0.05) is 12.4 Å². The van der Waals surface area contributed by atoms with E-state index in [4.69, 9.17) is 14.7 Å². The number of nitriles is 1. The molecule has 1 aromatic heterocycles. The van der Waals surface area contributed by atoms with Crippen molar-refractivity contribution < 1.29 is 9.47 Å². The van der Waals surface area contributed by atoms with E-state index in [1.165, 1.54) is 0 Å². The van der Waals surface area contributed by atoms with Crippen LogP contribution in [-0.4, -0.2) is 23.3 Å². The highest BCUT2D eigenvalue weighted by molar-refractivity contribution is 5.39. The van der Waals surface area contributed by atoms with Gasteiger partial charge in [-0.2, -0.15) is 5.26 Å². The fraction of sp³-hybridized carbons (Fsp3) is 0.231. The lowest BCUT2D eigenvalue weighted by Crippen LogP contribution is -2.09. The van der Waals surface area contributed by atoms with Crippen LogP contribution in [0, 0.1) is 11.3 Å². The number of benzene rings is 1. The summed E-state index contributed by atoms with van der Waals surface area (Å²) in [7, 11) is 1.60. The second kappa shape index (κ2) is 5.73. The van der Waals surface area contributed by atoms with E-state index < -0.39 is 0 Å². The zero-order valence-corrected chi connectivity index (χ0v) is 10.0. The standard InChI is InChI=1S/C13H13N3O2/c1-17-11-4-2-3-5-12(11)18-9-8-16-7-6-15-13(16)10-14/h2-7H,8-9H2,1H3. The number of hydrogen-bond donors (Lipinski definition) is 0. The fourth-order valence-electron chi connectivity index (χ4n) is 1.59. The Labute approximate surface area is 105 Å². The Morgan fingerprint density at radius 1 is 1.33 bits per heavy atom. The average Bonchev–Trinajstić information content (AvgIpc) is 2.87. The molecule has 2 rings (SSSR count). The normalized spacial score (nSPS) is 9.78. The van der Waals surface area contributed by atoms with E-state index in [2.05, 4.69) is 4.98 Å². The second-order valence-corrected chi connectivity index (χ2v) is 3.56. The van der Waals surface area contributed by atoms with Gasteiger partial charge in [-0.3, -0.25) is 0 Å². The monoisotopic (exact) mass is 243 g/mol. The van der Waals surface area contributed by atoms with Crippen molar-refractivity contribution in [2.45, 2.75) is 6.54 Å². The number of nitrogens with zero attached hydrogens (tertiary/aromatic N) is 3. The predicted octanol–water partition coefficient (Wildman–Crippen LogP) is 1.84. The van der Waals surface area contributed by atoms with E-state index >= 15 is 0 Å². The molecule has 92 valence electrons. The van der Waals surface area contributed by atoms with Crippen LogP contribution in [0.15, 0.2) is 36.7 Å². The first-order valence-electron chi connectivity index (χ1n) is 5.52. The van der Waals surface area contributed by atoms with E-state index in [9.17, 15) is 0 Å². The number of para-hydroxylation sites is 2. The van der Waals surface area contributed by atoms with Crippen molar-refractivity contribution in [3.8, 4) is 17.6 Å². The van der Waals surface area contributed by atoms with Gasteiger partial charge in [0.25, 0.3) is 0 Å². The van der Waals surface area contributed by atoms with Gasteiger partial charge >= 0.3 is 0 Å². The van der Waals surface area contributed by atoms with Crippen molar-refractivity contribution in [2.75, 3.05) is 13.7 Å². The SMILES string of the molecule is COc1ccccc1OCCn1ccnc1C#N. The third-order valence-electron chi connectivity index (χ3n) is 2.47. The Balaban J connectivity index is 1.95. The molecule has 0 spiro atoms. The number of hydrogen-bond acceptors (Lipinski definition) is 4. The van der Waals surface area contributed by atoms with Gasteiger partial charge in [0.1, 0.15) is 12.7 Å². The molecular formula is C13H13N3O2. The molecule has 0 N–H and O–H groups in total. The lowest BCUT2D eigenvalue weighted by molar-refractivity contribution is 0.279. The Bertz CT molecular complexity index is 557. The molecule has 0 amide bonds. The van der Waals surface area contributed by atoms with Gasteiger partial charge in [0.2, 0.25) is 5.82 Å². The first-order valence-corrected chi connectivity index (χ1v) is 5.52. The first-order chi connectivity index (χ1) is 8.85. The summed E-state index contributed by atoms with van der Waals surface area (Å²) in [6, 6.07) is 9.47. The molecule has 0 aliphatic carbocycles. The molecule has 0 atom stereocenters. The number of imidazole rings is 1. The summed E-state index contributed by atoms with van der Waals surface area (Å²) in [5.74, 6) is 1.78. The summed E-state index contributed by atoms with van der Waals surface area (Å²) in [5, 5.41) is 8.81. The smallest absolute Gasteiger partial charge is 0.212 e. The van der Waals surface area contributed by atoms with Crippen LogP contribution in [0.1, 0.15) is 5.82 Å². The van der Waals surface area contributed by atoms with E-state index in [1.54, 1.807) is 24.1 Å². The highest BCUT2D eigenvalue weighted by atomic mass is 16.5. The fourth-order valence-corrected chi connectivity index (χ4v) is 1.59. The van der Waals surface area contributed by atoms with Crippen molar-refractivity contribution in [3.05, 3.63) is 42.5 Å². The second-order valence-electron chi connectivity index (χ2n) is 3.56. The van der Waals surface area contributed by atoms with Crippen LogP contribution >= 0.6 is 0 Å². The Morgan fingerprint density at radius 2 is 2.11 bits per heavy atom. The molecule has 0 bridgehead atoms. The summed E-state index contributed by atoms with van der Waals surface area (Å²) >= 11 is 0. The summed E-state index contributed by atoms with van der Waals surface area (Å²) in [5.41, 5.74) is 0. The first kappa shape index (κ1) is 12.0. The van der Waals surface area contributed by atoms with Gasteiger partial charge in [0.15, 0.2) is 11.5 Å². The minimum Gasteiger partial charge on any atom is -0.493 e. The quantitative estimate of drug-likeness (QED) is 0.804. The van der Waals surface area contributed by atoms with Crippen LogP contribution in [0.25, 0.3) is 0 Å². The zero-order valence-electron chi connectivity index (χ0n) is 10.0. The molecule has 0 radical (unpaired) electrons. The molecule has 0 saturated heterocycles. The van der Waals surface area contributed by atoms with Crippen molar-refractivity contribution in [1.82, 2.24) is 9.55 Å². The summed E-state index contributed by atoms with van der Waals surface area (Å²) in [6.45, 7) is 1.02. The van der Waals surface area contributed by atoms with Crippen molar-refractivity contribution in [3.63, 3.8) is 0 Å². The number of rotatable bonds is 5. The highest BCUT2D eigenvalue weighted by Crippen LogP contribution is 2.25. The summed E-state index contributed by atoms with van der Waals surface area (Å²) in [6.07, 6.45) is 3.35. The Kier molecular flexibility index (Phi) is 3.82. The van der Waals surface area contributed by atoms with E-state index in [0.29, 0.717) is 30.5 Å². The Hall–Kier alpha value is -2.48. The van der Waals surface area contributed by atoms with Crippen LogP contribution in [0.2, 0.25) is 0 Å². The Morgan fingerprint density at radius 3 is 2.83 bits per heavy atom. The molecular weight excluding hydrogens is 230 g/mol. The largest absolute Gasteiger partial charge is 0.493 e. The molecule has 0 saturated carbocycles. The molecule has 0 aliphatic rings. The van der Waals surface area contributed by atoms with Crippen LogP contribution in [0.3, 0.4) is 0 Å². The lowest BCUT2D eigenvalue weighted by atomic mass is 10.3. The maximum atomic E-state index is 8.81. The number of ether oxygens (including phenoxy) is 2.